The number of nitrogens with two attached hydrogens (primary N) is 2. The molecule has 0 saturated carbocycles. The van der Waals surface area contributed by atoms with Crippen LogP contribution in [0.1, 0.15) is 13.3 Å². The highest BCUT2D eigenvalue weighted by Gasteiger charge is 2.05. The van der Waals surface area contributed by atoms with Crippen LogP contribution < -0.4 is 16.8 Å². The van der Waals surface area contributed by atoms with E-state index in [1.807, 2.05) is 0 Å². The first-order chi connectivity index (χ1) is 5.57. The summed E-state index contributed by atoms with van der Waals surface area (Å²) in [4.78, 5) is 10.3. The van der Waals surface area contributed by atoms with Gasteiger partial charge in [-0.1, -0.05) is 5.16 Å². The van der Waals surface area contributed by atoms with Gasteiger partial charge in [0.15, 0.2) is 5.84 Å². The molecule has 1 unspecified atom stereocenters. The Morgan fingerprint density at radius 3 is 2.67 bits per heavy atom. The number of nitrogens with zero attached hydrogens (tertiary/aromatic N) is 1. The molecule has 1 amide bonds. The van der Waals surface area contributed by atoms with Gasteiger partial charge in [-0.3, -0.25) is 4.79 Å². The summed E-state index contributed by atoms with van der Waals surface area (Å²) >= 11 is 0. The van der Waals surface area contributed by atoms with Gasteiger partial charge in [-0.2, -0.15) is 0 Å². The lowest BCUT2D eigenvalue weighted by molar-refractivity contribution is -0.117. The molecule has 70 valence electrons. The molecule has 0 spiro atoms. The standard InChI is InChI=1S/C6H14N4O2/c1-4(6(8)10-12)9-3-2-5(7)11/h4,9,12H,2-3H2,1H3,(H2,7,11)(H2,8,10). The Morgan fingerprint density at radius 1 is 1.67 bits per heavy atom. The highest BCUT2D eigenvalue weighted by molar-refractivity contribution is 5.84. The van der Waals surface area contributed by atoms with Gasteiger partial charge < -0.3 is 22.0 Å². The van der Waals surface area contributed by atoms with Crippen molar-refractivity contribution in [3.63, 3.8) is 0 Å². The lowest BCUT2D eigenvalue weighted by atomic mass is 10.3. The molecule has 6 nitrogen and oxygen atoms in total. The molecule has 0 rings (SSSR count). The molecule has 0 aromatic carbocycles. The quantitative estimate of drug-likeness (QED) is 0.177. The number of primary amides is 1. The largest absolute Gasteiger partial charge is 0.409 e. The monoisotopic (exact) mass is 174 g/mol. The maximum absolute atomic E-state index is 10.3. The van der Waals surface area contributed by atoms with E-state index in [2.05, 4.69) is 10.5 Å². The van der Waals surface area contributed by atoms with Crippen LogP contribution in [0.5, 0.6) is 0 Å². The number of rotatable bonds is 5. The zero-order chi connectivity index (χ0) is 9.56. The molecule has 0 aliphatic heterocycles. The average Bonchev–Trinajstić information content (AvgIpc) is 2.02. The number of hydrogen-bond donors (Lipinski definition) is 4. The third-order valence-corrected chi connectivity index (χ3v) is 1.38. The zero-order valence-corrected chi connectivity index (χ0v) is 6.95. The fourth-order valence-corrected chi connectivity index (χ4v) is 0.603. The van der Waals surface area contributed by atoms with Crippen molar-refractivity contribution in [3.05, 3.63) is 0 Å². The lowest BCUT2D eigenvalue weighted by Crippen LogP contribution is -2.40. The van der Waals surface area contributed by atoms with E-state index >= 15 is 0 Å². The van der Waals surface area contributed by atoms with Gasteiger partial charge in [0.25, 0.3) is 0 Å². The third kappa shape index (κ3) is 4.51. The first kappa shape index (κ1) is 10.7. The Kier molecular flexibility index (Phi) is 4.78. The van der Waals surface area contributed by atoms with Crippen LogP contribution in [0.3, 0.4) is 0 Å². The molecule has 0 saturated heterocycles. The summed E-state index contributed by atoms with van der Waals surface area (Å²) < 4.78 is 0. The molecule has 0 radical (unpaired) electrons. The second-order valence-corrected chi connectivity index (χ2v) is 2.42. The number of amides is 1. The van der Waals surface area contributed by atoms with E-state index in [0.29, 0.717) is 6.54 Å². The Morgan fingerprint density at radius 2 is 2.25 bits per heavy atom. The average molecular weight is 174 g/mol. The summed E-state index contributed by atoms with van der Waals surface area (Å²) in [6.07, 6.45) is 0.239. The topological polar surface area (TPSA) is 114 Å². The summed E-state index contributed by atoms with van der Waals surface area (Å²) in [5.74, 6) is -0.298. The summed E-state index contributed by atoms with van der Waals surface area (Å²) in [6.45, 7) is 2.14. The van der Waals surface area contributed by atoms with Crippen LogP contribution >= 0.6 is 0 Å². The normalized spacial score (nSPS) is 14.2. The fourth-order valence-electron chi connectivity index (χ4n) is 0.603. The van der Waals surface area contributed by atoms with E-state index in [4.69, 9.17) is 16.7 Å². The Bertz CT molecular complexity index is 180. The first-order valence-electron chi connectivity index (χ1n) is 3.57. The number of nitrogens with one attached hydrogen (secondary N) is 1. The van der Waals surface area contributed by atoms with Crippen LogP contribution in [-0.2, 0) is 4.79 Å². The number of carbonyl (C=O) groups excluding carboxylic acids is 1. The Hall–Kier alpha value is -1.30. The first-order valence-corrected chi connectivity index (χ1v) is 3.57. The van der Waals surface area contributed by atoms with E-state index in [1.54, 1.807) is 6.92 Å². The second-order valence-electron chi connectivity index (χ2n) is 2.42. The molecule has 12 heavy (non-hydrogen) atoms. The van der Waals surface area contributed by atoms with Gasteiger partial charge >= 0.3 is 0 Å². The van der Waals surface area contributed by atoms with Gasteiger partial charge in [-0.15, -0.1) is 0 Å². The van der Waals surface area contributed by atoms with Crippen molar-refractivity contribution in [2.24, 2.45) is 16.6 Å². The van der Waals surface area contributed by atoms with Gasteiger partial charge in [0.2, 0.25) is 5.91 Å². The minimum absolute atomic E-state index is 0.0828. The van der Waals surface area contributed by atoms with Gasteiger partial charge in [0.05, 0.1) is 6.04 Å². The number of hydrogen-bond acceptors (Lipinski definition) is 4. The SMILES string of the molecule is CC(NCCC(N)=O)C(N)=NO. The highest BCUT2D eigenvalue weighted by Crippen LogP contribution is 1.82. The number of amidine groups is 1. The minimum Gasteiger partial charge on any atom is -0.409 e. The van der Waals surface area contributed by atoms with Gasteiger partial charge in [0, 0.05) is 13.0 Å². The maximum Gasteiger partial charge on any atom is 0.218 e. The summed E-state index contributed by atoms with van der Waals surface area (Å²) in [6, 6.07) is -0.255. The van der Waals surface area contributed by atoms with Crippen molar-refractivity contribution in [2.45, 2.75) is 19.4 Å². The highest BCUT2D eigenvalue weighted by atomic mass is 16.4. The molecule has 0 aliphatic rings. The lowest BCUT2D eigenvalue weighted by Gasteiger charge is -2.10. The van der Waals surface area contributed by atoms with Crippen molar-refractivity contribution in [3.8, 4) is 0 Å². The smallest absolute Gasteiger partial charge is 0.218 e. The molecular formula is C6H14N4O2. The Labute approximate surface area is 70.6 Å². The summed E-state index contributed by atoms with van der Waals surface area (Å²) in [7, 11) is 0. The van der Waals surface area contributed by atoms with E-state index in [0.717, 1.165) is 0 Å². The zero-order valence-electron chi connectivity index (χ0n) is 6.95. The third-order valence-electron chi connectivity index (χ3n) is 1.38. The van der Waals surface area contributed by atoms with E-state index in [1.165, 1.54) is 0 Å². The van der Waals surface area contributed by atoms with Crippen LogP contribution in [0.25, 0.3) is 0 Å². The number of carbonyl (C=O) groups is 1. The molecule has 1 atom stereocenters. The van der Waals surface area contributed by atoms with Crippen LogP contribution in [0.4, 0.5) is 0 Å². The molecule has 0 aliphatic carbocycles. The van der Waals surface area contributed by atoms with Crippen LogP contribution in [0.15, 0.2) is 5.16 Å². The Balaban J connectivity index is 3.57. The van der Waals surface area contributed by atoms with Crippen molar-refractivity contribution in [1.82, 2.24) is 5.32 Å². The fraction of sp³-hybridized carbons (Fsp3) is 0.667. The molecule has 0 aromatic heterocycles. The van der Waals surface area contributed by atoms with Crippen LogP contribution in [0.2, 0.25) is 0 Å². The predicted octanol–water partition coefficient (Wildman–Crippen LogP) is -1.41. The van der Waals surface area contributed by atoms with Gasteiger partial charge in [-0.05, 0) is 6.92 Å². The van der Waals surface area contributed by atoms with Crippen molar-refractivity contribution < 1.29 is 10.0 Å². The molecule has 6 heteroatoms. The molecule has 0 heterocycles. The van der Waals surface area contributed by atoms with Crippen molar-refractivity contribution >= 4 is 11.7 Å². The van der Waals surface area contributed by atoms with E-state index in [-0.39, 0.29) is 24.2 Å². The molecule has 0 aromatic rings. The van der Waals surface area contributed by atoms with E-state index < -0.39 is 0 Å². The van der Waals surface area contributed by atoms with E-state index in [9.17, 15) is 4.79 Å². The maximum atomic E-state index is 10.3. The van der Waals surface area contributed by atoms with Gasteiger partial charge in [-0.25, -0.2) is 0 Å². The number of oxime groups is 1. The predicted molar refractivity (Wildman–Crippen MR) is 44.7 cm³/mol. The van der Waals surface area contributed by atoms with Crippen molar-refractivity contribution in [1.29, 1.82) is 0 Å². The molecule has 0 fully saturated rings. The second kappa shape index (κ2) is 5.36. The van der Waals surface area contributed by atoms with Crippen LogP contribution in [0, 0.1) is 0 Å². The molecule has 0 bridgehead atoms. The summed E-state index contributed by atoms with van der Waals surface area (Å²) in [5.41, 5.74) is 10.2. The van der Waals surface area contributed by atoms with Gasteiger partial charge in [0.1, 0.15) is 0 Å². The minimum atomic E-state index is -0.380. The summed E-state index contributed by atoms with van der Waals surface area (Å²) in [5, 5.41) is 13.9. The van der Waals surface area contributed by atoms with Crippen LogP contribution in [-0.4, -0.2) is 29.5 Å². The molecule has 6 N–H and O–H groups in total. The van der Waals surface area contributed by atoms with Crippen molar-refractivity contribution in [2.75, 3.05) is 6.54 Å². The molecular weight excluding hydrogens is 160 g/mol.